The number of hydrogen-bond donors (Lipinski definition) is 6. The Labute approximate surface area is 197 Å². The molecule has 0 radical (unpaired) electrons. The number of unbranched alkanes of at least 4 members (excludes halogenated alkanes) is 6. The molecule has 0 aliphatic rings. The van der Waals surface area contributed by atoms with Crippen LogP contribution in [0.25, 0.3) is 0 Å². The highest BCUT2D eigenvalue weighted by atomic mass is 32.3. The number of rotatable bonds is 10. The molecule has 0 bridgehead atoms. The lowest BCUT2D eigenvalue weighted by atomic mass is 10.2. The van der Waals surface area contributed by atoms with Gasteiger partial charge in [-0.1, -0.05) is 52.4 Å². The Morgan fingerprint density at radius 1 is 0.697 bits per heavy atom. The van der Waals surface area contributed by atoms with Crippen LogP contribution in [0.2, 0.25) is 0 Å². The first-order valence-corrected chi connectivity index (χ1v) is 12.6. The fourth-order valence-electron chi connectivity index (χ4n) is 2.94. The van der Waals surface area contributed by atoms with Crippen molar-refractivity contribution < 1.29 is 17.5 Å². The summed E-state index contributed by atoms with van der Waals surface area (Å²) in [4.78, 5) is 0. The summed E-state index contributed by atoms with van der Waals surface area (Å²) in [5.74, 6) is 1.22. The summed E-state index contributed by atoms with van der Waals surface area (Å²) < 4.78 is 35.2. The zero-order chi connectivity index (χ0) is 25.6. The molecule has 2 rings (SSSR count). The summed E-state index contributed by atoms with van der Waals surface area (Å²) in [7, 11) is -4.67. The van der Waals surface area contributed by atoms with Gasteiger partial charge in [-0.3, -0.25) is 9.11 Å². The van der Waals surface area contributed by atoms with Crippen molar-refractivity contribution in [1.29, 1.82) is 0 Å². The average molecular weight is 491 g/mol. The zero-order valence-electron chi connectivity index (χ0n) is 20.3. The van der Waals surface area contributed by atoms with Gasteiger partial charge in [0.05, 0.1) is 22.8 Å². The fraction of sp³-hybridized carbons (Fsp3) is 0.700. The van der Waals surface area contributed by atoms with E-state index in [1.54, 1.807) is 9.36 Å². The first kappa shape index (κ1) is 30.5. The summed E-state index contributed by atoms with van der Waals surface area (Å²) in [6.45, 7) is 9.92. The SMILES string of the molecule is CCCCCCn1nc(C)c(N)c1N.CCCCCCn1nc(C)c(N)c1N.O=S(=O)(O)O. The number of anilines is 4. The average Bonchev–Trinajstić information content (AvgIpc) is 3.12. The lowest BCUT2D eigenvalue weighted by Gasteiger charge is -2.03. The van der Waals surface area contributed by atoms with Crippen LogP contribution in [0.3, 0.4) is 0 Å². The van der Waals surface area contributed by atoms with Crippen molar-refractivity contribution in [2.45, 2.75) is 92.2 Å². The second-order valence-electron chi connectivity index (χ2n) is 7.78. The fourth-order valence-corrected chi connectivity index (χ4v) is 2.94. The number of aromatic nitrogens is 4. The molecule has 12 nitrogen and oxygen atoms in total. The molecule has 2 heterocycles. The summed E-state index contributed by atoms with van der Waals surface area (Å²) in [6, 6.07) is 0. The van der Waals surface area contributed by atoms with E-state index < -0.39 is 10.4 Å². The van der Waals surface area contributed by atoms with Crippen LogP contribution in [0.5, 0.6) is 0 Å². The standard InChI is InChI=1S/2C10H20N4.H2O4S/c2*1-3-4-5-6-7-14-10(12)9(11)8(2)13-14;1-5(2,3)4/h2*3-7,11-12H2,1-2H3;(H2,1,2,3,4). The van der Waals surface area contributed by atoms with Gasteiger partial charge < -0.3 is 22.9 Å². The van der Waals surface area contributed by atoms with E-state index in [-0.39, 0.29) is 0 Å². The van der Waals surface area contributed by atoms with Crippen LogP contribution in [0.4, 0.5) is 23.0 Å². The van der Waals surface area contributed by atoms with Gasteiger partial charge in [0.1, 0.15) is 11.6 Å². The molecule has 0 saturated carbocycles. The van der Waals surface area contributed by atoms with Crippen molar-refractivity contribution in [3.05, 3.63) is 11.4 Å². The van der Waals surface area contributed by atoms with E-state index in [9.17, 15) is 0 Å². The molecule has 0 aromatic carbocycles. The number of nitrogen functional groups attached to an aromatic ring is 4. The van der Waals surface area contributed by atoms with E-state index in [1.165, 1.54) is 38.5 Å². The molecule has 2 aromatic heterocycles. The molecule has 192 valence electrons. The Balaban J connectivity index is 0.000000517. The maximum absolute atomic E-state index is 8.74. The Morgan fingerprint density at radius 2 is 1.00 bits per heavy atom. The molecule has 0 spiro atoms. The van der Waals surface area contributed by atoms with Crippen LogP contribution >= 0.6 is 0 Å². The molecular weight excluding hydrogens is 448 g/mol. The van der Waals surface area contributed by atoms with Crippen LogP contribution in [0.15, 0.2) is 0 Å². The first-order valence-electron chi connectivity index (χ1n) is 11.2. The van der Waals surface area contributed by atoms with Gasteiger partial charge in [-0.25, -0.2) is 9.36 Å². The monoisotopic (exact) mass is 490 g/mol. The molecule has 10 N–H and O–H groups in total. The molecule has 0 saturated heterocycles. The molecule has 13 heteroatoms. The van der Waals surface area contributed by atoms with Crippen LogP contribution in [0, 0.1) is 13.8 Å². The van der Waals surface area contributed by atoms with Crippen molar-refractivity contribution in [2.75, 3.05) is 22.9 Å². The maximum atomic E-state index is 8.74. The van der Waals surface area contributed by atoms with Gasteiger partial charge in [-0.2, -0.15) is 18.6 Å². The van der Waals surface area contributed by atoms with E-state index in [2.05, 4.69) is 24.0 Å². The largest absolute Gasteiger partial charge is 0.394 e. The van der Waals surface area contributed by atoms with E-state index in [4.69, 9.17) is 40.5 Å². The van der Waals surface area contributed by atoms with Crippen molar-refractivity contribution in [3.8, 4) is 0 Å². The van der Waals surface area contributed by atoms with E-state index in [0.717, 1.165) is 37.3 Å². The molecular formula is C20H42N8O4S. The quantitative estimate of drug-likeness (QED) is 0.211. The predicted molar refractivity (Wildman–Crippen MR) is 134 cm³/mol. The van der Waals surface area contributed by atoms with Gasteiger partial charge >= 0.3 is 10.4 Å². The summed E-state index contributed by atoms with van der Waals surface area (Å²) >= 11 is 0. The van der Waals surface area contributed by atoms with Crippen molar-refractivity contribution in [1.82, 2.24) is 19.6 Å². The van der Waals surface area contributed by atoms with Gasteiger partial charge in [-0.05, 0) is 26.7 Å². The highest BCUT2D eigenvalue weighted by Gasteiger charge is 2.08. The van der Waals surface area contributed by atoms with Crippen molar-refractivity contribution in [2.24, 2.45) is 0 Å². The molecule has 0 aliphatic heterocycles. The van der Waals surface area contributed by atoms with Crippen molar-refractivity contribution in [3.63, 3.8) is 0 Å². The lowest BCUT2D eigenvalue weighted by Crippen LogP contribution is -2.05. The van der Waals surface area contributed by atoms with Gasteiger partial charge in [0.2, 0.25) is 0 Å². The highest BCUT2D eigenvalue weighted by molar-refractivity contribution is 7.79. The molecule has 0 unspecified atom stereocenters. The number of nitrogens with zero attached hydrogens (tertiary/aromatic N) is 4. The Bertz CT molecular complexity index is 857. The lowest BCUT2D eigenvalue weighted by molar-refractivity contribution is 0.381. The van der Waals surface area contributed by atoms with E-state index in [1.807, 2.05) is 13.8 Å². The normalized spacial score (nSPS) is 10.8. The van der Waals surface area contributed by atoms with Gasteiger partial charge in [0.15, 0.2) is 0 Å². The Kier molecular flexibility index (Phi) is 14.2. The summed E-state index contributed by atoms with van der Waals surface area (Å²) in [5, 5.41) is 8.55. The third-order valence-electron chi connectivity index (χ3n) is 4.88. The molecule has 33 heavy (non-hydrogen) atoms. The maximum Gasteiger partial charge on any atom is 0.394 e. The molecule has 0 atom stereocenters. The number of hydrogen-bond acceptors (Lipinski definition) is 8. The Hall–Kier alpha value is -2.51. The van der Waals surface area contributed by atoms with Crippen molar-refractivity contribution >= 4 is 33.4 Å². The molecule has 0 aliphatic carbocycles. The summed E-state index contributed by atoms with van der Waals surface area (Å²) in [5.41, 5.74) is 26.0. The molecule has 0 amide bonds. The van der Waals surface area contributed by atoms with Crippen LogP contribution in [-0.4, -0.2) is 37.1 Å². The third-order valence-corrected chi connectivity index (χ3v) is 4.88. The zero-order valence-corrected chi connectivity index (χ0v) is 21.1. The minimum atomic E-state index is -4.67. The van der Waals surface area contributed by atoms with Gasteiger partial charge in [-0.15, -0.1) is 0 Å². The highest BCUT2D eigenvalue weighted by Crippen LogP contribution is 2.19. The van der Waals surface area contributed by atoms with E-state index in [0.29, 0.717) is 23.0 Å². The van der Waals surface area contributed by atoms with Gasteiger partial charge in [0.25, 0.3) is 0 Å². The minimum absolute atomic E-state index is 0.610. The predicted octanol–water partition coefficient (Wildman–Crippen LogP) is 3.22. The smallest absolute Gasteiger partial charge is 0.394 e. The van der Waals surface area contributed by atoms with Crippen LogP contribution in [-0.2, 0) is 23.5 Å². The van der Waals surface area contributed by atoms with Crippen LogP contribution < -0.4 is 22.9 Å². The topological polar surface area (TPSA) is 214 Å². The molecule has 2 aromatic rings. The number of aryl methyl sites for hydroxylation is 4. The minimum Gasteiger partial charge on any atom is -0.394 e. The Morgan fingerprint density at radius 3 is 1.21 bits per heavy atom. The third kappa shape index (κ3) is 12.9. The summed E-state index contributed by atoms with van der Waals surface area (Å²) in [6.07, 6.45) is 9.75. The second kappa shape index (κ2) is 15.3. The van der Waals surface area contributed by atoms with Gasteiger partial charge in [0, 0.05) is 13.1 Å². The molecule has 0 fully saturated rings. The van der Waals surface area contributed by atoms with E-state index >= 15 is 0 Å². The van der Waals surface area contributed by atoms with Crippen LogP contribution in [0.1, 0.15) is 76.6 Å². The first-order chi connectivity index (χ1) is 15.3. The second-order valence-corrected chi connectivity index (χ2v) is 8.68. The number of nitrogens with two attached hydrogens (primary N) is 4.